The molecule has 2 fully saturated rings. The predicted octanol–water partition coefficient (Wildman–Crippen LogP) is 4.96. The van der Waals surface area contributed by atoms with Gasteiger partial charge in [-0.3, -0.25) is 4.90 Å². The van der Waals surface area contributed by atoms with Crippen molar-refractivity contribution in [1.29, 1.82) is 0 Å². The minimum atomic E-state index is -0.249. The molecule has 0 radical (unpaired) electrons. The number of hydrogen-bond acceptors (Lipinski definition) is 4. The van der Waals surface area contributed by atoms with E-state index in [2.05, 4.69) is 34.5 Å². The van der Waals surface area contributed by atoms with Gasteiger partial charge in [0.15, 0.2) is 0 Å². The third-order valence-electron chi connectivity index (χ3n) is 7.47. The average Bonchev–Trinajstić information content (AvgIpc) is 2.89. The van der Waals surface area contributed by atoms with Gasteiger partial charge >= 0.3 is 6.03 Å². The molecular formula is C29H32FN3O3. The number of urea groups is 1. The van der Waals surface area contributed by atoms with Crippen LogP contribution in [0.5, 0.6) is 5.75 Å². The lowest BCUT2D eigenvalue weighted by molar-refractivity contribution is -0.0585. The summed E-state index contributed by atoms with van der Waals surface area (Å²) >= 11 is 0. The van der Waals surface area contributed by atoms with Crippen LogP contribution >= 0.6 is 0 Å². The molecule has 0 spiro atoms. The number of carbonyl (C=O) groups is 1. The van der Waals surface area contributed by atoms with Crippen LogP contribution in [0, 0.1) is 5.82 Å². The zero-order valence-corrected chi connectivity index (χ0v) is 20.4. The summed E-state index contributed by atoms with van der Waals surface area (Å²) in [5, 5.41) is 13.2. The molecule has 0 aromatic heterocycles. The number of halogens is 1. The van der Waals surface area contributed by atoms with Crippen LogP contribution in [0.2, 0.25) is 0 Å². The lowest BCUT2D eigenvalue weighted by Crippen LogP contribution is -2.68. The van der Waals surface area contributed by atoms with Crippen LogP contribution in [0.4, 0.5) is 14.9 Å². The number of aliphatic hydroxyl groups excluding tert-OH is 1. The number of methoxy groups -OCH3 is 1. The van der Waals surface area contributed by atoms with E-state index in [1.54, 1.807) is 19.2 Å². The zero-order chi connectivity index (χ0) is 25.1. The highest BCUT2D eigenvalue weighted by Crippen LogP contribution is 2.42. The second-order valence-electron chi connectivity index (χ2n) is 9.52. The Morgan fingerprint density at radius 1 is 0.972 bits per heavy atom. The van der Waals surface area contributed by atoms with Gasteiger partial charge in [0.1, 0.15) is 11.6 Å². The van der Waals surface area contributed by atoms with E-state index in [1.165, 1.54) is 12.1 Å². The summed E-state index contributed by atoms with van der Waals surface area (Å²) in [6, 6.07) is 22.2. The fourth-order valence-electron chi connectivity index (χ4n) is 5.54. The molecule has 6 nitrogen and oxygen atoms in total. The molecule has 0 bridgehead atoms. The summed E-state index contributed by atoms with van der Waals surface area (Å²) in [5.41, 5.74) is 3.87. The quantitative estimate of drug-likeness (QED) is 0.532. The SMILES string of the molecule is COc1ccc(NC(=O)N2CCCCN3C(CO)C(c4ccc(-c5ccc(F)cc5)cc4)C3C2)cc1. The Hall–Kier alpha value is -3.42. The van der Waals surface area contributed by atoms with Gasteiger partial charge in [-0.05, 0) is 72.5 Å². The van der Waals surface area contributed by atoms with E-state index in [-0.39, 0.29) is 36.5 Å². The number of nitrogens with one attached hydrogen (secondary N) is 1. The molecule has 2 heterocycles. The van der Waals surface area contributed by atoms with Crippen LogP contribution in [0.1, 0.15) is 24.3 Å². The maximum Gasteiger partial charge on any atom is 0.321 e. The molecule has 188 valence electrons. The predicted molar refractivity (Wildman–Crippen MR) is 139 cm³/mol. The highest BCUT2D eigenvalue weighted by Gasteiger charge is 2.49. The van der Waals surface area contributed by atoms with E-state index >= 15 is 0 Å². The Morgan fingerprint density at radius 3 is 2.25 bits per heavy atom. The Labute approximate surface area is 211 Å². The van der Waals surface area contributed by atoms with Gasteiger partial charge in [0.2, 0.25) is 0 Å². The number of carbonyl (C=O) groups excluding carboxylic acids is 1. The number of anilines is 1. The molecule has 5 rings (SSSR count). The summed E-state index contributed by atoms with van der Waals surface area (Å²) in [6.07, 6.45) is 1.91. The molecule has 3 aromatic carbocycles. The standard InChI is InChI=1S/C29H32FN3O3/c1-36-25-14-12-24(13-15-25)31-29(35)32-16-2-3-17-33-26(18-32)28(27(33)19-34)22-6-4-20(5-7-22)21-8-10-23(30)11-9-21/h4-15,26-28,34H,2-3,16-19H2,1H3,(H,31,35). The van der Waals surface area contributed by atoms with E-state index in [0.29, 0.717) is 13.1 Å². The number of hydrogen-bond donors (Lipinski definition) is 2. The molecule has 0 saturated carbocycles. The number of amides is 2. The average molecular weight is 490 g/mol. The Balaban J connectivity index is 1.32. The molecule has 2 amide bonds. The number of ether oxygens (including phenoxy) is 1. The molecule has 3 aromatic rings. The molecule has 7 heteroatoms. The minimum absolute atomic E-state index is 0.0382. The molecule has 3 unspecified atom stereocenters. The number of nitrogens with zero attached hydrogens (tertiary/aromatic N) is 2. The van der Waals surface area contributed by atoms with Crippen molar-refractivity contribution < 1.29 is 19.0 Å². The van der Waals surface area contributed by atoms with Crippen molar-refractivity contribution in [3.63, 3.8) is 0 Å². The maximum absolute atomic E-state index is 13.3. The number of aliphatic hydroxyl groups is 1. The highest BCUT2D eigenvalue weighted by atomic mass is 19.1. The van der Waals surface area contributed by atoms with Crippen molar-refractivity contribution in [2.24, 2.45) is 0 Å². The van der Waals surface area contributed by atoms with Crippen molar-refractivity contribution in [1.82, 2.24) is 9.80 Å². The van der Waals surface area contributed by atoms with Gasteiger partial charge in [-0.25, -0.2) is 9.18 Å². The second kappa shape index (κ2) is 10.7. The summed E-state index contributed by atoms with van der Waals surface area (Å²) in [4.78, 5) is 17.4. The minimum Gasteiger partial charge on any atom is -0.497 e. The van der Waals surface area contributed by atoms with Crippen LogP contribution in [0.3, 0.4) is 0 Å². The van der Waals surface area contributed by atoms with Crippen molar-refractivity contribution >= 4 is 11.7 Å². The van der Waals surface area contributed by atoms with Crippen LogP contribution in [-0.2, 0) is 0 Å². The highest BCUT2D eigenvalue weighted by molar-refractivity contribution is 5.89. The normalized spacial score (nSPS) is 22.1. The lowest BCUT2D eigenvalue weighted by Gasteiger charge is -2.57. The van der Waals surface area contributed by atoms with Gasteiger partial charge in [0.05, 0.1) is 13.7 Å². The maximum atomic E-state index is 13.3. The first-order chi connectivity index (χ1) is 17.6. The van der Waals surface area contributed by atoms with Gasteiger partial charge < -0.3 is 20.1 Å². The van der Waals surface area contributed by atoms with Gasteiger partial charge in [-0.1, -0.05) is 36.4 Å². The Kier molecular flexibility index (Phi) is 7.20. The van der Waals surface area contributed by atoms with E-state index in [1.807, 2.05) is 29.2 Å². The smallest absolute Gasteiger partial charge is 0.321 e. The zero-order valence-electron chi connectivity index (χ0n) is 20.4. The molecule has 2 N–H and O–H groups in total. The summed E-state index contributed by atoms with van der Waals surface area (Å²) < 4.78 is 18.5. The van der Waals surface area contributed by atoms with E-state index in [0.717, 1.165) is 47.5 Å². The Morgan fingerprint density at radius 2 is 1.61 bits per heavy atom. The fraction of sp³-hybridized carbons (Fsp3) is 0.345. The van der Waals surface area contributed by atoms with Crippen molar-refractivity contribution in [2.75, 3.05) is 38.7 Å². The monoisotopic (exact) mass is 489 g/mol. The first-order valence-electron chi connectivity index (χ1n) is 12.5. The van der Waals surface area contributed by atoms with E-state index < -0.39 is 0 Å². The third kappa shape index (κ3) is 4.94. The molecule has 3 atom stereocenters. The van der Waals surface area contributed by atoms with Crippen LogP contribution < -0.4 is 10.1 Å². The molecular weight excluding hydrogens is 457 g/mol. The molecule has 2 saturated heterocycles. The van der Waals surface area contributed by atoms with Gasteiger partial charge in [-0.2, -0.15) is 0 Å². The third-order valence-corrected chi connectivity index (χ3v) is 7.47. The summed E-state index contributed by atoms with van der Waals surface area (Å²) in [5.74, 6) is 0.625. The topological polar surface area (TPSA) is 65.0 Å². The van der Waals surface area contributed by atoms with Crippen LogP contribution in [0.15, 0.2) is 72.8 Å². The van der Waals surface area contributed by atoms with Crippen molar-refractivity contribution in [2.45, 2.75) is 30.8 Å². The summed E-state index contributed by atoms with van der Waals surface area (Å²) in [7, 11) is 1.62. The first-order valence-corrected chi connectivity index (χ1v) is 12.5. The molecule has 2 aliphatic heterocycles. The molecule has 36 heavy (non-hydrogen) atoms. The number of rotatable bonds is 5. The van der Waals surface area contributed by atoms with Gasteiger partial charge in [-0.15, -0.1) is 0 Å². The summed E-state index contributed by atoms with van der Waals surface area (Å²) in [6.45, 7) is 2.31. The van der Waals surface area contributed by atoms with Crippen LogP contribution in [0.25, 0.3) is 11.1 Å². The molecule has 0 aliphatic carbocycles. The second-order valence-corrected chi connectivity index (χ2v) is 9.52. The number of benzene rings is 3. The van der Waals surface area contributed by atoms with Gasteiger partial charge in [0, 0.05) is 36.8 Å². The number of fused-ring (bicyclic) bond motifs is 1. The fourth-order valence-corrected chi connectivity index (χ4v) is 5.54. The first kappa shape index (κ1) is 24.3. The van der Waals surface area contributed by atoms with E-state index in [4.69, 9.17) is 4.74 Å². The Bertz CT molecular complexity index is 1170. The van der Waals surface area contributed by atoms with Gasteiger partial charge in [0.25, 0.3) is 0 Å². The van der Waals surface area contributed by atoms with E-state index in [9.17, 15) is 14.3 Å². The largest absolute Gasteiger partial charge is 0.497 e. The van der Waals surface area contributed by atoms with Crippen molar-refractivity contribution in [3.05, 3.63) is 84.2 Å². The lowest BCUT2D eigenvalue weighted by atomic mass is 9.74. The van der Waals surface area contributed by atoms with Crippen molar-refractivity contribution in [3.8, 4) is 16.9 Å². The molecule has 2 aliphatic rings. The van der Waals surface area contributed by atoms with Crippen LogP contribution in [-0.4, -0.2) is 66.4 Å².